The molecule has 0 saturated heterocycles. The van der Waals surface area contributed by atoms with Crippen LogP contribution in [0.25, 0.3) is 0 Å². The molecular formula is C25H24N2O4S. The number of fused-ring (bicyclic) bond motifs is 2. The summed E-state index contributed by atoms with van der Waals surface area (Å²) in [5.74, 6) is 0.450. The smallest absolute Gasteiger partial charge is 0.259 e. The molecule has 1 N–H and O–H groups in total. The van der Waals surface area contributed by atoms with E-state index in [0.29, 0.717) is 35.7 Å². The van der Waals surface area contributed by atoms with Crippen LogP contribution in [0.4, 0.5) is 11.4 Å². The molecule has 0 spiro atoms. The second-order valence-corrected chi connectivity index (χ2v) is 8.45. The van der Waals surface area contributed by atoms with Crippen LogP contribution in [0, 0.1) is 6.92 Å². The van der Waals surface area contributed by atoms with E-state index in [0.717, 1.165) is 21.0 Å². The Morgan fingerprint density at radius 1 is 1.03 bits per heavy atom. The Kier molecular flexibility index (Phi) is 6.48. The fourth-order valence-corrected chi connectivity index (χ4v) is 4.74. The fraction of sp³-hybridized carbons (Fsp3) is 0.200. The van der Waals surface area contributed by atoms with Gasteiger partial charge < -0.3 is 19.7 Å². The van der Waals surface area contributed by atoms with E-state index in [1.165, 1.54) is 11.8 Å². The molecule has 0 aliphatic carbocycles. The molecule has 0 bridgehead atoms. The lowest BCUT2D eigenvalue weighted by Gasteiger charge is -2.23. The highest BCUT2D eigenvalue weighted by molar-refractivity contribution is 7.99. The normalized spacial score (nSPS) is 12.6. The van der Waals surface area contributed by atoms with Crippen molar-refractivity contribution in [2.45, 2.75) is 16.7 Å². The van der Waals surface area contributed by atoms with E-state index in [4.69, 9.17) is 9.47 Å². The Hall–Kier alpha value is -3.29. The van der Waals surface area contributed by atoms with E-state index in [1.807, 2.05) is 55.5 Å². The Morgan fingerprint density at radius 3 is 2.59 bits per heavy atom. The quantitative estimate of drug-likeness (QED) is 0.574. The molecule has 7 heteroatoms. The second-order valence-electron chi connectivity index (χ2n) is 7.37. The molecule has 1 aliphatic rings. The van der Waals surface area contributed by atoms with Gasteiger partial charge in [0.1, 0.15) is 5.75 Å². The van der Waals surface area contributed by atoms with Crippen molar-refractivity contribution >= 4 is 35.0 Å². The number of benzene rings is 3. The number of hydrogen-bond acceptors (Lipinski definition) is 5. The summed E-state index contributed by atoms with van der Waals surface area (Å²) >= 11 is 1.52. The van der Waals surface area contributed by atoms with Gasteiger partial charge in [-0.1, -0.05) is 23.9 Å². The van der Waals surface area contributed by atoms with E-state index < -0.39 is 0 Å². The number of methoxy groups -OCH3 is 2. The molecule has 2 amide bonds. The number of hydrogen-bond donors (Lipinski definition) is 1. The number of amides is 2. The molecule has 0 unspecified atom stereocenters. The van der Waals surface area contributed by atoms with Gasteiger partial charge in [-0.15, -0.1) is 0 Å². The summed E-state index contributed by atoms with van der Waals surface area (Å²) in [6.45, 7) is 2.74. The minimum absolute atomic E-state index is 0.0606. The molecule has 0 radical (unpaired) electrons. The van der Waals surface area contributed by atoms with Crippen molar-refractivity contribution < 1.29 is 19.1 Å². The van der Waals surface area contributed by atoms with Gasteiger partial charge in [-0.05, 0) is 61.0 Å². The van der Waals surface area contributed by atoms with E-state index in [9.17, 15) is 9.59 Å². The van der Waals surface area contributed by atoms with Gasteiger partial charge in [0.25, 0.3) is 11.8 Å². The number of nitrogens with one attached hydrogen (secondary N) is 1. The van der Waals surface area contributed by atoms with Gasteiger partial charge in [0.2, 0.25) is 0 Å². The first kappa shape index (κ1) is 21.9. The zero-order chi connectivity index (χ0) is 22.7. The van der Waals surface area contributed by atoms with Gasteiger partial charge in [-0.25, -0.2) is 0 Å². The van der Waals surface area contributed by atoms with Crippen LogP contribution in [0.5, 0.6) is 5.75 Å². The standard InChI is InChI=1S/C25H24N2O4S/c1-16-14-18(31-3)9-10-19(16)24(28)26-17-8-11-21-23(15-17)32-22-7-5-4-6-20(22)25(29)27(21)12-13-30-2/h4-11,14-15H,12-13H2,1-3H3,(H,26,28). The Balaban J connectivity index is 1.67. The van der Waals surface area contributed by atoms with E-state index in [-0.39, 0.29) is 11.8 Å². The number of nitrogens with zero attached hydrogens (tertiary/aromatic N) is 1. The maximum absolute atomic E-state index is 13.2. The molecule has 32 heavy (non-hydrogen) atoms. The first-order valence-electron chi connectivity index (χ1n) is 10.2. The molecule has 4 rings (SSSR count). The molecular weight excluding hydrogens is 424 g/mol. The number of anilines is 2. The molecule has 3 aromatic rings. The van der Waals surface area contributed by atoms with Gasteiger partial charge in [0, 0.05) is 34.7 Å². The Morgan fingerprint density at radius 2 is 1.84 bits per heavy atom. The largest absolute Gasteiger partial charge is 0.497 e. The van der Waals surface area contributed by atoms with Crippen LogP contribution < -0.4 is 15.0 Å². The lowest BCUT2D eigenvalue weighted by Crippen LogP contribution is -2.33. The zero-order valence-electron chi connectivity index (χ0n) is 18.2. The summed E-state index contributed by atoms with van der Waals surface area (Å²) in [5.41, 5.74) is 3.53. The monoisotopic (exact) mass is 448 g/mol. The lowest BCUT2D eigenvalue weighted by atomic mass is 10.1. The van der Waals surface area contributed by atoms with Gasteiger partial charge in [0.05, 0.1) is 25.0 Å². The van der Waals surface area contributed by atoms with E-state index >= 15 is 0 Å². The molecule has 0 aromatic heterocycles. The zero-order valence-corrected chi connectivity index (χ0v) is 19.0. The molecule has 1 aliphatic heterocycles. The summed E-state index contributed by atoms with van der Waals surface area (Å²) in [7, 11) is 3.21. The van der Waals surface area contributed by atoms with Crippen LogP contribution in [0.3, 0.4) is 0 Å². The van der Waals surface area contributed by atoms with Crippen molar-refractivity contribution in [2.24, 2.45) is 0 Å². The number of rotatable bonds is 6. The van der Waals surface area contributed by atoms with Gasteiger partial charge in [0.15, 0.2) is 0 Å². The highest BCUT2D eigenvalue weighted by atomic mass is 32.2. The number of ether oxygens (including phenoxy) is 2. The third-order valence-electron chi connectivity index (χ3n) is 5.29. The van der Waals surface area contributed by atoms with Gasteiger partial charge >= 0.3 is 0 Å². The van der Waals surface area contributed by atoms with E-state index in [1.54, 1.807) is 31.3 Å². The average Bonchev–Trinajstić information content (AvgIpc) is 2.91. The molecule has 1 heterocycles. The van der Waals surface area contributed by atoms with Crippen molar-refractivity contribution in [3.63, 3.8) is 0 Å². The lowest BCUT2D eigenvalue weighted by molar-refractivity contribution is 0.0972. The second kappa shape index (κ2) is 9.46. The van der Waals surface area contributed by atoms with Crippen LogP contribution >= 0.6 is 11.8 Å². The summed E-state index contributed by atoms with van der Waals surface area (Å²) in [5, 5.41) is 2.98. The molecule has 6 nitrogen and oxygen atoms in total. The molecule has 0 saturated carbocycles. The van der Waals surface area contributed by atoms with Crippen LogP contribution in [-0.4, -0.2) is 39.2 Å². The van der Waals surface area contributed by atoms with Crippen LogP contribution in [0.1, 0.15) is 26.3 Å². The summed E-state index contributed by atoms with van der Waals surface area (Å²) in [6, 6.07) is 18.5. The van der Waals surface area contributed by atoms with Crippen molar-refractivity contribution in [1.82, 2.24) is 0 Å². The maximum Gasteiger partial charge on any atom is 0.259 e. The third kappa shape index (κ3) is 4.35. The SMILES string of the molecule is COCCN1C(=O)c2ccccc2Sc2cc(NC(=O)c3ccc(OC)cc3C)ccc21. The van der Waals surface area contributed by atoms with Crippen LogP contribution in [0.15, 0.2) is 70.5 Å². The first-order chi connectivity index (χ1) is 15.5. The summed E-state index contributed by atoms with van der Waals surface area (Å²) in [6.07, 6.45) is 0. The number of carbonyl (C=O) groups excluding carboxylic acids is 2. The number of carbonyl (C=O) groups is 2. The maximum atomic E-state index is 13.2. The molecule has 0 atom stereocenters. The van der Waals surface area contributed by atoms with Crippen LogP contribution in [-0.2, 0) is 4.74 Å². The average molecular weight is 449 g/mol. The minimum Gasteiger partial charge on any atom is -0.497 e. The summed E-state index contributed by atoms with van der Waals surface area (Å²) in [4.78, 5) is 29.6. The van der Waals surface area contributed by atoms with E-state index in [2.05, 4.69) is 5.32 Å². The predicted molar refractivity (Wildman–Crippen MR) is 126 cm³/mol. The number of aryl methyl sites for hydroxylation is 1. The van der Waals surface area contributed by atoms with Crippen molar-refractivity contribution in [1.29, 1.82) is 0 Å². The third-order valence-corrected chi connectivity index (χ3v) is 6.41. The molecule has 0 fully saturated rings. The highest BCUT2D eigenvalue weighted by Crippen LogP contribution is 2.42. The first-order valence-corrected chi connectivity index (χ1v) is 11.0. The molecule has 3 aromatic carbocycles. The van der Waals surface area contributed by atoms with Crippen LogP contribution in [0.2, 0.25) is 0 Å². The van der Waals surface area contributed by atoms with Crippen molar-refractivity contribution in [3.8, 4) is 5.75 Å². The topological polar surface area (TPSA) is 67.9 Å². The summed E-state index contributed by atoms with van der Waals surface area (Å²) < 4.78 is 10.4. The Labute approximate surface area is 191 Å². The Bertz CT molecular complexity index is 1180. The minimum atomic E-state index is -0.198. The van der Waals surface area contributed by atoms with Gasteiger partial charge in [-0.2, -0.15) is 0 Å². The molecule has 164 valence electrons. The predicted octanol–water partition coefficient (Wildman–Crippen LogP) is 5.01. The highest BCUT2D eigenvalue weighted by Gasteiger charge is 2.27. The van der Waals surface area contributed by atoms with Crippen molar-refractivity contribution in [2.75, 3.05) is 37.6 Å². The van der Waals surface area contributed by atoms with Gasteiger partial charge in [-0.3, -0.25) is 9.59 Å². The van der Waals surface area contributed by atoms with Crippen molar-refractivity contribution in [3.05, 3.63) is 77.4 Å². The fourth-order valence-electron chi connectivity index (χ4n) is 3.62.